The molecule has 0 aliphatic carbocycles. The molecule has 3 aromatic rings. The monoisotopic (exact) mass is 308 g/mol. The first-order valence-corrected chi connectivity index (χ1v) is 7.69. The summed E-state index contributed by atoms with van der Waals surface area (Å²) in [6.07, 6.45) is 2.39. The van der Waals surface area contributed by atoms with Gasteiger partial charge in [-0.3, -0.25) is 0 Å². The zero-order valence-electron chi connectivity index (χ0n) is 12.8. The average Bonchev–Trinajstić information content (AvgIpc) is 3.04. The van der Waals surface area contributed by atoms with Crippen molar-refractivity contribution < 1.29 is 4.39 Å². The Morgan fingerprint density at radius 1 is 1.04 bits per heavy atom. The Morgan fingerprint density at radius 3 is 2.48 bits per heavy atom. The molecule has 23 heavy (non-hydrogen) atoms. The fourth-order valence-corrected chi connectivity index (χ4v) is 3.10. The zero-order valence-corrected chi connectivity index (χ0v) is 12.8. The van der Waals surface area contributed by atoms with Gasteiger partial charge in [-0.05, 0) is 36.6 Å². The van der Waals surface area contributed by atoms with Gasteiger partial charge in [-0.2, -0.15) is 10.1 Å². The summed E-state index contributed by atoms with van der Waals surface area (Å²) in [6, 6.07) is 15.3. The van der Waals surface area contributed by atoms with E-state index in [0.717, 1.165) is 17.9 Å². The van der Waals surface area contributed by atoms with E-state index in [-0.39, 0.29) is 17.9 Å². The van der Waals surface area contributed by atoms with Crippen LogP contribution in [0.5, 0.6) is 0 Å². The first-order valence-electron chi connectivity index (χ1n) is 7.69. The molecule has 4 rings (SSSR count). The molecule has 0 unspecified atom stereocenters. The Morgan fingerprint density at radius 2 is 1.74 bits per heavy atom. The molecule has 1 aliphatic heterocycles. The van der Waals surface area contributed by atoms with Gasteiger partial charge in [-0.1, -0.05) is 42.0 Å². The van der Waals surface area contributed by atoms with Gasteiger partial charge in [0.15, 0.2) is 0 Å². The van der Waals surface area contributed by atoms with Gasteiger partial charge < -0.3 is 5.32 Å². The Labute approximate surface area is 134 Å². The molecule has 2 heterocycles. The molecule has 0 fully saturated rings. The molecule has 0 bridgehead atoms. The number of benzene rings is 2. The summed E-state index contributed by atoms with van der Waals surface area (Å²) >= 11 is 0. The lowest BCUT2D eigenvalue weighted by atomic mass is 9.93. The van der Waals surface area contributed by atoms with Crippen LogP contribution >= 0.6 is 0 Å². The van der Waals surface area contributed by atoms with Gasteiger partial charge >= 0.3 is 0 Å². The van der Waals surface area contributed by atoms with Gasteiger partial charge in [0.25, 0.3) is 0 Å². The number of halogens is 1. The number of hydrogen-bond acceptors (Lipinski definition) is 3. The molecule has 0 saturated heterocycles. The van der Waals surface area contributed by atoms with Gasteiger partial charge in [0, 0.05) is 0 Å². The second kappa shape index (κ2) is 5.50. The molecular weight excluding hydrogens is 291 g/mol. The summed E-state index contributed by atoms with van der Waals surface area (Å²) in [7, 11) is 0. The fourth-order valence-electron chi connectivity index (χ4n) is 3.10. The molecule has 0 spiro atoms. The third kappa shape index (κ3) is 2.59. The number of anilines is 1. The molecular formula is C18H17FN4. The van der Waals surface area contributed by atoms with Gasteiger partial charge in [0.1, 0.15) is 12.1 Å². The van der Waals surface area contributed by atoms with Crippen LogP contribution in [0.4, 0.5) is 10.3 Å². The Hall–Kier alpha value is -2.69. The molecule has 116 valence electrons. The Bertz CT molecular complexity index is 808. The molecule has 2 aromatic carbocycles. The molecule has 0 saturated carbocycles. The first-order chi connectivity index (χ1) is 11.2. The Kier molecular flexibility index (Phi) is 3.33. The van der Waals surface area contributed by atoms with Crippen LogP contribution in [0, 0.1) is 12.7 Å². The molecule has 5 heteroatoms. The maximum absolute atomic E-state index is 13.2. The number of nitrogens with one attached hydrogen (secondary N) is 1. The van der Waals surface area contributed by atoms with E-state index in [1.165, 1.54) is 23.3 Å². The van der Waals surface area contributed by atoms with Crippen LogP contribution in [-0.2, 0) is 0 Å². The van der Waals surface area contributed by atoms with Crippen molar-refractivity contribution in [3.8, 4) is 0 Å². The minimum absolute atomic E-state index is 0.0423. The van der Waals surface area contributed by atoms with E-state index < -0.39 is 0 Å². The third-order valence-electron chi connectivity index (χ3n) is 4.37. The molecule has 2 atom stereocenters. The number of aryl methyl sites for hydroxylation is 1. The largest absolute Gasteiger partial charge is 0.348 e. The molecule has 1 N–H and O–H groups in total. The van der Waals surface area contributed by atoms with Crippen LogP contribution in [0.1, 0.15) is 35.2 Å². The van der Waals surface area contributed by atoms with E-state index in [1.807, 2.05) is 16.8 Å². The maximum Gasteiger partial charge on any atom is 0.222 e. The van der Waals surface area contributed by atoms with Crippen molar-refractivity contribution >= 4 is 5.95 Å². The lowest BCUT2D eigenvalue weighted by Gasteiger charge is -2.31. The average molecular weight is 308 g/mol. The Balaban J connectivity index is 1.71. The molecule has 1 aliphatic rings. The van der Waals surface area contributed by atoms with Gasteiger partial charge in [0.2, 0.25) is 5.95 Å². The van der Waals surface area contributed by atoms with E-state index in [9.17, 15) is 4.39 Å². The minimum Gasteiger partial charge on any atom is -0.348 e. The van der Waals surface area contributed by atoms with Crippen LogP contribution in [0.2, 0.25) is 0 Å². The smallest absolute Gasteiger partial charge is 0.222 e. The molecule has 0 radical (unpaired) electrons. The highest BCUT2D eigenvalue weighted by Crippen LogP contribution is 2.37. The topological polar surface area (TPSA) is 42.7 Å². The van der Waals surface area contributed by atoms with Crippen molar-refractivity contribution in [1.29, 1.82) is 0 Å². The van der Waals surface area contributed by atoms with Gasteiger partial charge in [0.05, 0.1) is 12.1 Å². The van der Waals surface area contributed by atoms with E-state index in [0.29, 0.717) is 0 Å². The van der Waals surface area contributed by atoms with Crippen LogP contribution in [-0.4, -0.2) is 14.8 Å². The second-order valence-corrected chi connectivity index (χ2v) is 5.94. The van der Waals surface area contributed by atoms with Crippen LogP contribution in [0.25, 0.3) is 0 Å². The van der Waals surface area contributed by atoms with Crippen molar-refractivity contribution in [2.45, 2.75) is 25.4 Å². The quantitative estimate of drug-likeness (QED) is 0.781. The number of rotatable bonds is 2. The van der Waals surface area contributed by atoms with E-state index in [2.05, 4.69) is 46.6 Å². The molecule has 1 aromatic heterocycles. The summed E-state index contributed by atoms with van der Waals surface area (Å²) in [4.78, 5) is 4.31. The van der Waals surface area contributed by atoms with E-state index >= 15 is 0 Å². The normalized spacial score (nSPS) is 19.9. The lowest BCUT2D eigenvalue weighted by Crippen LogP contribution is -2.28. The molecule has 0 amide bonds. The minimum atomic E-state index is -0.225. The maximum atomic E-state index is 13.2. The first kappa shape index (κ1) is 13.9. The number of hydrogen-bond donors (Lipinski definition) is 1. The van der Waals surface area contributed by atoms with Crippen molar-refractivity contribution in [3.05, 3.63) is 77.4 Å². The summed E-state index contributed by atoms with van der Waals surface area (Å²) in [6.45, 7) is 2.08. The van der Waals surface area contributed by atoms with E-state index in [4.69, 9.17) is 0 Å². The van der Waals surface area contributed by atoms with Crippen molar-refractivity contribution in [3.63, 3.8) is 0 Å². The van der Waals surface area contributed by atoms with Crippen LogP contribution < -0.4 is 5.32 Å². The fraction of sp³-hybridized carbons (Fsp3) is 0.222. The summed E-state index contributed by atoms with van der Waals surface area (Å²) in [5.41, 5.74) is 3.50. The summed E-state index contributed by atoms with van der Waals surface area (Å²) < 4.78 is 15.1. The zero-order chi connectivity index (χ0) is 15.8. The standard InChI is InChI=1S/C18H17FN4/c1-12-2-4-13(5-3-12)16-10-17(14-6-8-15(19)9-7-14)23-18(22-16)20-11-21-23/h2-9,11,16-17H,10H2,1H3,(H,20,21,22)/t16-,17-/m1/s1. The predicted molar refractivity (Wildman–Crippen MR) is 86.7 cm³/mol. The SMILES string of the molecule is Cc1ccc([C@H]2C[C@H](c3ccc(F)cc3)n3ncnc3N2)cc1. The number of fused-ring (bicyclic) bond motifs is 1. The lowest BCUT2D eigenvalue weighted by molar-refractivity contribution is 0.430. The highest BCUT2D eigenvalue weighted by molar-refractivity contribution is 5.38. The van der Waals surface area contributed by atoms with Crippen molar-refractivity contribution in [2.24, 2.45) is 0 Å². The van der Waals surface area contributed by atoms with Gasteiger partial charge in [-0.25, -0.2) is 9.07 Å². The summed E-state index contributed by atoms with van der Waals surface area (Å²) in [5.74, 6) is 0.521. The third-order valence-corrected chi connectivity index (χ3v) is 4.37. The highest BCUT2D eigenvalue weighted by atomic mass is 19.1. The number of aromatic nitrogens is 3. The van der Waals surface area contributed by atoms with Crippen molar-refractivity contribution in [1.82, 2.24) is 14.8 Å². The number of nitrogens with zero attached hydrogens (tertiary/aromatic N) is 3. The van der Waals surface area contributed by atoms with Crippen molar-refractivity contribution in [2.75, 3.05) is 5.32 Å². The van der Waals surface area contributed by atoms with E-state index in [1.54, 1.807) is 6.33 Å². The predicted octanol–water partition coefficient (Wildman–Crippen LogP) is 3.87. The second-order valence-electron chi connectivity index (χ2n) is 5.94. The molecule has 4 nitrogen and oxygen atoms in total. The summed E-state index contributed by atoms with van der Waals surface area (Å²) in [5, 5.41) is 7.77. The van der Waals surface area contributed by atoms with Crippen LogP contribution in [0.15, 0.2) is 54.9 Å². The highest BCUT2D eigenvalue weighted by Gasteiger charge is 2.29. The van der Waals surface area contributed by atoms with Gasteiger partial charge in [-0.15, -0.1) is 0 Å². The van der Waals surface area contributed by atoms with Crippen LogP contribution in [0.3, 0.4) is 0 Å².